The third-order valence-corrected chi connectivity index (χ3v) is 5.82. The van der Waals surface area contributed by atoms with Gasteiger partial charge >= 0.3 is 0 Å². The van der Waals surface area contributed by atoms with Gasteiger partial charge in [-0.2, -0.15) is 0 Å². The minimum atomic E-state index is -0.152. The number of nitrogens with one attached hydrogen (secondary N) is 2. The highest BCUT2D eigenvalue weighted by atomic mass is 32.2. The Balaban J connectivity index is 1.35. The maximum absolute atomic E-state index is 12.3. The van der Waals surface area contributed by atoms with E-state index >= 15 is 0 Å². The van der Waals surface area contributed by atoms with Gasteiger partial charge in [-0.1, -0.05) is 52.9 Å². The molecular formula is C20H19N5O2S2. The average molecular weight is 426 g/mol. The molecule has 0 spiro atoms. The summed E-state index contributed by atoms with van der Waals surface area (Å²) in [5.41, 5.74) is 2.97. The average Bonchev–Trinajstić information content (AvgIpc) is 3.33. The molecule has 29 heavy (non-hydrogen) atoms. The number of aromatic nitrogens is 4. The van der Waals surface area contributed by atoms with Gasteiger partial charge in [0.2, 0.25) is 11.1 Å². The molecule has 0 fully saturated rings. The van der Waals surface area contributed by atoms with Gasteiger partial charge in [-0.3, -0.25) is 9.89 Å². The molecule has 0 radical (unpaired) electrons. The smallest absolute Gasteiger partial charge is 0.236 e. The van der Waals surface area contributed by atoms with Crippen molar-refractivity contribution in [3.8, 4) is 17.1 Å². The molecule has 0 unspecified atom stereocenters. The van der Waals surface area contributed by atoms with Crippen LogP contribution in [0.15, 0.2) is 47.6 Å². The van der Waals surface area contributed by atoms with Crippen molar-refractivity contribution < 1.29 is 9.53 Å². The van der Waals surface area contributed by atoms with Crippen LogP contribution >= 0.6 is 23.1 Å². The number of hydrogen-bond acceptors (Lipinski definition) is 7. The summed E-state index contributed by atoms with van der Waals surface area (Å²) in [5.74, 6) is 1.53. The van der Waals surface area contributed by atoms with Gasteiger partial charge in [-0.25, -0.2) is 9.97 Å². The van der Waals surface area contributed by atoms with Gasteiger partial charge in [0, 0.05) is 5.56 Å². The standard InChI is InChI=1S/C20H19N5O2S2/c1-3-27-14-8-9-15-16(10-14)29-19(21-15)22-17(26)11-28-20-23-18(24-25-20)13-6-4-12(2)5-7-13/h4-10H,3,11H2,1-2H3,(H,21,22,26)(H,23,24,25). The van der Waals surface area contributed by atoms with E-state index in [1.807, 2.05) is 56.3 Å². The second-order valence-electron chi connectivity index (χ2n) is 6.25. The van der Waals surface area contributed by atoms with E-state index in [4.69, 9.17) is 4.74 Å². The second-order valence-corrected chi connectivity index (χ2v) is 8.22. The van der Waals surface area contributed by atoms with E-state index in [9.17, 15) is 4.79 Å². The largest absolute Gasteiger partial charge is 0.494 e. The second kappa shape index (κ2) is 8.62. The highest BCUT2D eigenvalue weighted by molar-refractivity contribution is 7.99. The monoisotopic (exact) mass is 425 g/mol. The van der Waals surface area contributed by atoms with Crippen LogP contribution in [0.2, 0.25) is 0 Å². The zero-order valence-electron chi connectivity index (χ0n) is 15.9. The Bertz CT molecular complexity index is 1140. The Kier molecular flexibility index (Phi) is 5.77. The molecule has 2 heterocycles. The Morgan fingerprint density at radius 1 is 1.21 bits per heavy atom. The fourth-order valence-corrected chi connectivity index (χ4v) is 4.16. The predicted octanol–water partition coefficient (Wildman–Crippen LogP) is 4.52. The molecule has 0 saturated heterocycles. The van der Waals surface area contributed by atoms with E-state index < -0.39 is 0 Å². The molecule has 0 aliphatic rings. The fourth-order valence-electron chi connectivity index (χ4n) is 2.65. The number of thioether (sulfide) groups is 1. The van der Waals surface area contributed by atoms with E-state index in [-0.39, 0.29) is 11.7 Å². The molecule has 4 rings (SSSR count). The van der Waals surface area contributed by atoms with Crippen LogP contribution < -0.4 is 10.1 Å². The number of amides is 1. The van der Waals surface area contributed by atoms with E-state index in [0.717, 1.165) is 21.5 Å². The van der Waals surface area contributed by atoms with Crippen LogP contribution in [0.5, 0.6) is 5.75 Å². The van der Waals surface area contributed by atoms with Crippen LogP contribution in [0, 0.1) is 6.92 Å². The van der Waals surface area contributed by atoms with Crippen molar-refractivity contribution in [3.63, 3.8) is 0 Å². The summed E-state index contributed by atoms with van der Waals surface area (Å²) in [6.45, 7) is 4.59. The quantitative estimate of drug-likeness (QED) is 0.423. The molecule has 0 atom stereocenters. The lowest BCUT2D eigenvalue weighted by Gasteiger charge is -2.00. The Morgan fingerprint density at radius 3 is 2.83 bits per heavy atom. The van der Waals surface area contributed by atoms with Crippen molar-refractivity contribution in [3.05, 3.63) is 48.0 Å². The first-order chi connectivity index (χ1) is 14.1. The summed E-state index contributed by atoms with van der Waals surface area (Å²) in [6.07, 6.45) is 0. The summed E-state index contributed by atoms with van der Waals surface area (Å²) < 4.78 is 6.47. The number of aryl methyl sites for hydroxylation is 1. The molecule has 0 aliphatic carbocycles. The number of carbonyl (C=O) groups is 1. The number of ether oxygens (including phenoxy) is 1. The number of nitrogens with zero attached hydrogens (tertiary/aromatic N) is 3. The molecule has 2 N–H and O–H groups in total. The van der Waals surface area contributed by atoms with Crippen LogP contribution in [-0.4, -0.2) is 38.4 Å². The summed E-state index contributed by atoms with van der Waals surface area (Å²) in [7, 11) is 0. The molecule has 0 aliphatic heterocycles. The summed E-state index contributed by atoms with van der Waals surface area (Å²) >= 11 is 2.69. The normalized spacial score (nSPS) is 11.0. The summed E-state index contributed by atoms with van der Waals surface area (Å²) in [6, 6.07) is 13.7. The van der Waals surface area contributed by atoms with Crippen LogP contribution in [-0.2, 0) is 4.79 Å². The number of fused-ring (bicyclic) bond motifs is 1. The molecule has 2 aromatic heterocycles. The third-order valence-electron chi connectivity index (χ3n) is 4.04. The van der Waals surface area contributed by atoms with Gasteiger partial charge in [0.25, 0.3) is 0 Å². The van der Waals surface area contributed by atoms with Crippen LogP contribution in [0.1, 0.15) is 12.5 Å². The van der Waals surface area contributed by atoms with Gasteiger partial charge in [-0.05, 0) is 32.0 Å². The number of carbonyl (C=O) groups excluding carboxylic acids is 1. The maximum atomic E-state index is 12.3. The number of anilines is 1. The Morgan fingerprint density at radius 2 is 2.03 bits per heavy atom. The van der Waals surface area contributed by atoms with Gasteiger partial charge in [0.05, 0.1) is 22.6 Å². The predicted molar refractivity (Wildman–Crippen MR) is 117 cm³/mol. The topological polar surface area (TPSA) is 92.8 Å². The van der Waals surface area contributed by atoms with Crippen molar-refractivity contribution in [2.24, 2.45) is 0 Å². The van der Waals surface area contributed by atoms with E-state index in [1.165, 1.54) is 28.7 Å². The number of rotatable bonds is 7. The van der Waals surface area contributed by atoms with Crippen molar-refractivity contribution in [1.82, 2.24) is 20.2 Å². The Labute approximate surface area is 175 Å². The molecule has 0 saturated carbocycles. The zero-order valence-corrected chi connectivity index (χ0v) is 17.6. The number of H-pyrrole nitrogens is 1. The lowest BCUT2D eigenvalue weighted by atomic mass is 10.1. The van der Waals surface area contributed by atoms with Crippen molar-refractivity contribution in [1.29, 1.82) is 0 Å². The SMILES string of the molecule is CCOc1ccc2nc(NC(=O)CSc3n[nH]c(-c4ccc(C)cc4)n3)sc2c1. The lowest BCUT2D eigenvalue weighted by molar-refractivity contribution is -0.113. The fraction of sp³-hybridized carbons (Fsp3) is 0.200. The van der Waals surface area contributed by atoms with E-state index in [1.54, 1.807) is 0 Å². The van der Waals surface area contributed by atoms with Crippen molar-refractivity contribution >= 4 is 44.4 Å². The zero-order chi connectivity index (χ0) is 20.2. The maximum Gasteiger partial charge on any atom is 0.236 e. The third kappa shape index (κ3) is 4.75. The molecular weight excluding hydrogens is 406 g/mol. The Hall–Kier alpha value is -2.91. The van der Waals surface area contributed by atoms with E-state index in [0.29, 0.717) is 22.7 Å². The number of aromatic amines is 1. The summed E-state index contributed by atoms with van der Waals surface area (Å²) in [4.78, 5) is 21.2. The molecule has 148 valence electrons. The van der Waals surface area contributed by atoms with Gasteiger partial charge in [0.1, 0.15) is 5.75 Å². The van der Waals surface area contributed by atoms with Gasteiger partial charge in [0.15, 0.2) is 11.0 Å². The highest BCUT2D eigenvalue weighted by Crippen LogP contribution is 2.29. The molecule has 7 nitrogen and oxygen atoms in total. The van der Waals surface area contributed by atoms with Crippen molar-refractivity contribution in [2.75, 3.05) is 17.7 Å². The van der Waals surface area contributed by atoms with E-state index in [2.05, 4.69) is 25.5 Å². The molecule has 4 aromatic rings. The molecule has 2 aromatic carbocycles. The van der Waals surface area contributed by atoms with Crippen LogP contribution in [0.25, 0.3) is 21.6 Å². The van der Waals surface area contributed by atoms with Crippen molar-refractivity contribution in [2.45, 2.75) is 19.0 Å². The minimum Gasteiger partial charge on any atom is -0.494 e. The first-order valence-corrected chi connectivity index (χ1v) is 10.9. The number of thiazole rings is 1. The number of hydrogen-bond donors (Lipinski definition) is 2. The molecule has 1 amide bonds. The molecule has 9 heteroatoms. The van der Waals surface area contributed by atoms with Crippen LogP contribution in [0.4, 0.5) is 5.13 Å². The highest BCUT2D eigenvalue weighted by Gasteiger charge is 2.12. The number of benzene rings is 2. The molecule has 0 bridgehead atoms. The summed E-state index contributed by atoms with van der Waals surface area (Å²) in [5, 5.41) is 11.0. The first-order valence-electron chi connectivity index (χ1n) is 9.06. The minimum absolute atomic E-state index is 0.152. The lowest BCUT2D eigenvalue weighted by Crippen LogP contribution is -2.13. The van der Waals surface area contributed by atoms with Gasteiger partial charge < -0.3 is 10.1 Å². The first kappa shape index (κ1) is 19.4. The van der Waals surface area contributed by atoms with Gasteiger partial charge in [-0.15, -0.1) is 5.10 Å². The van der Waals surface area contributed by atoms with Crippen LogP contribution in [0.3, 0.4) is 0 Å².